The molecule has 0 saturated carbocycles. The van der Waals surface area contributed by atoms with E-state index in [2.05, 4.69) is 0 Å². The lowest BCUT2D eigenvalue weighted by Crippen LogP contribution is -2.52. The second-order valence-electron chi connectivity index (χ2n) is 11.5. The van der Waals surface area contributed by atoms with E-state index in [9.17, 15) is 24.3 Å². The minimum Gasteiger partial charge on any atom is -0.480 e. The van der Waals surface area contributed by atoms with Crippen LogP contribution in [0.3, 0.4) is 0 Å². The molecule has 2 atom stereocenters. The topological polar surface area (TPSA) is 161 Å². The molecule has 11 heteroatoms. The number of carbonyl (C=O) groups excluding carboxylic acids is 3. The van der Waals surface area contributed by atoms with Crippen LogP contribution in [0.15, 0.2) is 18.2 Å². The van der Waals surface area contributed by atoms with Gasteiger partial charge in [0.25, 0.3) is 0 Å². The Morgan fingerprint density at radius 1 is 0.878 bits per heavy atom. The molecule has 11 nitrogen and oxygen atoms in total. The summed E-state index contributed by atoms with van der Waals surface area (Å²) in [4.78, 5) is 49.4. The number of ether oxygens (including phenoxy) is 5. The van der Waals surface area contributed by atoms with E-state index in [1.54, 1.807) is 34.6 Å². The molecule has 232 valence electrons. The van der Waals surface area contributed by atoms with E-state index >= 15 is 0 Å². The summed E-state index contributed by atoms with van der Waals surface area (Å²) >= 11 is 0. The minimum absolute atomic E-state index is 0.135. The highest BCUT2D eigenvalue weighted by Crippen LogP contribution is 2.32. The number of hydrogen-bond acceptors (Lipinski definition) is 10. The zero-order valence-corrected chi connectivity index (χ0v) is 25.7. The van der Waals surface area contributed by atoms with Crippen LogP contribution >= 0.6 is 0 Å². The first-order valence-corrected chi connectivity index (χ1v) is 14.1. The van der Waals surface area contributed by atoms with Crippen molar-refractivity contribution in [3.05, 3.63) is 23.8 Å². The normalized spacial score (nSPS) is 13.9. The van der Waals surface area contributed by atoms with Crippen molar-refractivity contribution in [3.63, 3.8) is 0 Å². The number of aliphatic carboxylic acids is 1. The maximum absolute atomic E-state index is 12.6. The lowest BCUT2D eigenvalue weighted by Gasteiger charge is -2.28. The number of hydrogen-bond donors (Lipinski definition) is 2. The Labute approximate surface area is 243 Å². The summed E-state index contributed by atoms with van der Waals surface area (Å²) in [6.45, 7) is 14.1. The fourth-order valence-corrected chi connectivity index (χ4v) is 3.60. The number of esters is 1. The van der Waals surface area contributed by atoms with Gasteiger partial charge in [0.15, 0.2) is 11.5 Å². The zero-order chi connectivity index (χ0) is 31.4. The molecule has 1 unspecified atom stereocenters. The molecule has 0 fully saturated rings. The summed E-state index contributed by atoms with van der Waals surface area (Å²) in [5.74, 6) is -2.04. The molecule has 0 aliphatic heterocycles. The summed E-state index contributed by atoms with van der Waals surface area (Å²) in [7, 11) is 0. The van der Waals surface area contributed by atoms with Crippen LogP contribution in [-0.2, 0) is 30.2 Å². The monoisotopic (exact) mass is 581 g/mol. The van der Waals surface area contributed by atoms with Gasteiger partial charge in [-0.1, -0.05) is 39.7 Å². The number of carboxylic acid groups (broad SMARTS) is 1. The number of carbonyl (C=O) groups is 4. The zero-order valence-electron chi connectivity index (χ0n) is 25.7. The van der Waals surface area contributed by atoms with E-state index < -0.39 is 47.1 Å². The van der Waals surface area contributed by atoms with Crippen molar-refractivity contribution in [2.75, 3.05) is 0 Å². The molecule has 0 aliphatic carbocycles. The third-order valence-electron chi connectivity index (χ3n) is 6.73. The average molecular weight is 582 g/mol. The molecule has 1 rings (SSSR count). The Balaban J connectivity index is 3.22. The van der Waals surface area contributed by atoms with Gasteiger partial charge < -0.3 is 34.5 Å². The van der Waals surface area contributed by atoms with Crippen molar-refractivity contribution in [2.45, 2.75) is 130 Å². The minimum atomic E-state index is -1.82. The SMILES string of the molecule is CCCCCC(=O)O[C@@H](C)CC(N)(Cc1ccc(OC(=O)OC(C)(C)CC)c(OC(=O)OC(C)(C)CC)c1)C(=O)O. The van der Waals surface area contributed by atoms with Crippen LogP contribution in [0.1, 0.15) is 106 Å². The van der Waals surface area contributed by atoms with Gasteiger partial charge in [-0.05, 0) is 71.6 Å². The van der Waals surface area contributed by atoms with Crippen molar-refractivity contribution in [3.8, 4) is 11.5 Å². The molecule has 1 aromatic rings. The van der Waals surface area contributed by atoms with Gasteiger partial charge in [0.05, 0.1) is 0 Å². The number of benzene rings is 1. The van der Waals surface area contributed by atoms with Gasteiger partial charge in [0, 0.05) is 19.3 Å². The van der Waals surface area contributed by atoms with E-state index in [4.69, 9.17) is 29.4 Å². The first-order chi connectivity index (χ1) is 19.0. The first-order valence-electron chi connectivity index (χ1n) is 14.1. The number of nitrogens with two attached hydrogens (primary N) is 1. The van der Waals surface area contributed by atoms with E-state index in [1.807, 2.05) is 20.8 Å². The summed E-state index contributed by atoms with van der Waals surface area (Å²) in [6.07, 6.45) is 0.639. The van der Waals surface area contributed by atoms with Crippen LogP contribution in [0.4, 0.5) is 9.59 Å². The summed E-state index contributed by atoms with van der Waals surface area (Å²) in [6, 6.07) is 4.19. The van der Waals surface area contributed by atoms with Crippen LogP contribution in [0, 0.1) is 0 Å². The van der Waals surface area contributed by atoms with Gasteiger partial charge >= 0.3 is 24.2 Å². The second kappa shape index (κ2) is 15.6. The highest BCUT2D eigenvalue weighted by Gasteiger charge is 2.37. The average Bonchev–Trinajstić information content (AvgIpc) is 2.84. The Morgan fingerprint density at radius 2 is 1.41 bits per heavy atom. The van der Waals surface area contributed by atoms with E-state index in [-0.39, 0.29) is 30.8 Å². The molecule has 0 aromatic heterocycles. The van der Waals surface area contributed by atoms with Crippen molar-refractivity contribution in [2.24, 2.45) is 5.73 Å². The van der Waals surface area contributed by atoms with Crippen molar-refractivity contribution in [1.82, 2.24) is 0 Å². The molecule has 1 aromatic carbocycles. The van der Waals surface area contributed by atoms with Crippen molar-refractivity contribution in [1.29, 1.82) is 0 Å². The van der Waals surface area contributed by atoms with Crippen LogP contribution in [0.25, 0.3) is 0 Å². The lowest BCUT2D eigenvalue weighted by atomic mass is 9.86. The van der Waals surface area contributed by atoms with Gasteiger partial charge in [-0.15, -0.1) is 0 Å². The van der Waals surface area contributed by atoms with Crippen molar-refractivity contribution >= 4 is 24.2 Å². The molecular weight excluding hydrogens is 534 g/mol. The van der Waals surface area contributed by atoms with Gasteiger partial charge in [-0.3, -0.25) is 9.59 Å². The standard InChI is InChI=1S/C30H47NO10/c1-9-12-13-14-24(32)37-20(4)18-30(31,25(33)34)19-21-15-16-22(38-26(35)40-28(5,6)10-2)23(17-21)39-27(36)41-29(7,8)11-3/h15-17,20H,9-14,18-19,31H2,1-8H3,(H,33,34)/t20-,30?/m0/s1. The first kappa shape index (κ1) is 35.7. The second-order valence-corrected chi connectivity index (χ2v) is 11.5. The Kier molecular flexibility index (Phi) is 13.6. The molecule has 0 spiro atoms. The maximum atomic E-state index is 12.6. The third kappa shape index (κ3) is 12.8. The Morgan fingerprint density at radius 3 is 1.90 bits per heavy atom. The van der Waals surface area contributed by atoms with E-state index in [0.717, 1.165) is 12.8 Å². The van der Waals surface area contributed by atoms with Gasteiger partial charge in [-0.25, -0.2) is 9.59 Å². The number of unbranched alkanes of at least 4 members (excludes halogenated alkanes) is 2. The summed E-state index contributed by atoms with van der Waals surface area (Å²) < 4.78 is 26.8. The smallest absolute Gasteiger partial charge is 0.480 e. The van der Waals surface area contributed by atoms with E-state index in [0.29, 0.717) is 24.8 Å². The Bertz CT molecular complexity index is 1050. The molecule has 3 N–H and O–H groups in total. The van der Waals surface area contributed by atoms with Gasteiger partial charge in [0.2, 0.25) is 0 Å². The van der Waals surface area contributed by atoms with Crippen LogP contribution < -0.4 is 15.2 Å². The van der Waals surface area contributed by atoms with Crippen LogP contribution in [0.2, 0.25) is 0 Å². The fraction of sp³-hybridized carbons (Fsp3) is 0.667. The predicted octanol–water partition coefficient (Wildman–Crippen LogP) is 6.32. The molecule has 41 heavy (non-hydrogen) atoms. The quantitative estimate of drug-likeness (QED) is 0.0972. The predicted molar refractivity (Wildman–Crippen MR) is 152 cm³/mol. The number of rotatable bonds is 16. The third-order valence-corrected chi connectivity index (χ3v) is 6.73. The molecule has 0 amide bonds. The molecule has 0 aliphatic rings. The highest BCUT2D eigenvalue weighted by molar-refractivity contribution is 5.79. The van der Waals surface area contributed by atoms with Gasteiger partial charge in [-0.2, -0.15) is 0 Å². The molecule has 0 bridgehead atoms. The summed E-state index contributed by atoms with van der Waals surface area (Å²) in [5, 5.41) is 9.97. The number of carboxylic acids is 1. The van der Waals surface area contributed by atoms with Gasteiger partial charge in [0.1, 0.15) is 22.8 Å². The Hall–Kier alpha value is -3.34. The van der Waals surface area contributed by atoms with Crippen LogP contribution in [-0.4, -0.2) is 52.2 Å². The fourth-order valence-electron chi connectivity index (χ4n) is 3.60. The largest absolute Gasteiger partial charge is 0.514 e. The maximum Gasteiger partial charge on any atom is 0.514 e. The molecular formula is C30H47NO10. The highest BCUT2D eigenvalue weighted by atomic mass is 16.8. The molecule has 0 saturated heterocycles. The van der Waals surface area contributed by atoms with E-state index in [1.165, 1.54) is 18.2 Å². The van der Waals surface area contributed by atoms with Crippen molar-refractivity contribution < 1.29 is 48.0 Å². The summed E-state index contributed by atoms with van der Waals surface area (Å²) in [5.41, 5.74) is 3.23. The molecule has 0 radical (unpaired) electrons. The molecule has 0 heterocycles. The van der Waals surface area contributed by atoms with Crippen LogP contribution in [0.5, 0.6) is 11.5 Å². The lowest BCUT2D eigenvalue weighted by molar-refractivity contribution is -0.153.